The molecule has 0 unspecified atom stereocenters. The van der Waals surface area contributed by atoms with E-state index in [4.69, 9.17) is 9.26 Å². The molecule has 2 aromatic rings. The number of aromatic nitrogens is 2. The van der Waals surface area contributed by atoms with E-state index in [9.17, 15) is 0 Å². The lowest BCUT2D eigenvalue weighted by Crippen LogP contribution is -2.39. The number of benzene rings is 1. The van der Waals surface area contributed by atoms with Crippen molar-refractivity contribution in [2.75, 3.05) is 20.2 Å². The third kappa shape index (κ3) is 6.10. The molecule has 2 N–H and O–H groups in total. The predicted molar refractivity (Wildman–Crippen MR) is 97.9 cm³/mol. The Hall–Kier alpha value is -2.57. The molecule has 7 nitrogen and oxygen atoms in total. The molecule has 0 aliphatic rings. The lowest BCUT2D eigenvalue weighted by molar-refractivity contribution is 0.318. The van der Waals surface area contributed by atoms with Gasteiger partial charge in [-0.15, -0.1) is 0 Å². The van der Waals surface area contributed by atoms with Crippen molar-refractivity contribution in [3.05, 3.63) is 41.5 Å². The molecule has 0 saturated carbocycles. The molecule has 0 saturated heterocycles. The van der Waals surface area contributed by atoms with Gasteiger partial charge in [-0.05, 0) is 19.1 Å². The molecule has 1 aromatic heterocycles. The fourth-order valence-corrected chi connectivity index (χ4v) is 1.99. The van der Waals surface area contributed by atoms with E-state index < -0.39 is 0 Å². The van der Waals surface area contributed by atoms with Crippen LogP contribution in [0.1, 0.15) is 38.0 Å². The molecule has 0 fully saturated rings. The Bertz CT molecular complexity index is 686. The van der Waals surface area contributed by atoms with Crippen LogP contribution in [-0.2, 0) is 12.0 Å². The molecule has 136 valence electrons. The van der Waals surface area contributed by atoms with E-state index in [-0.39, 0.29) is 5.41 Å². The number of hydrogen-bond donors (Lipinski definition) is 2. The molecule has 0 radical (unpaired) electrons. The van der Waals surface area contributed by atoms with Gasteiger partial charge in [-0.25, -0.2) is 0 Å². The number of hydrogen-bond acceptors (Lipinski definition) is 5. The van der Waals surface area contributed by atoms with Crippen molar-refractivity contribution in [1.29, 1.82) is 0 Å². The van der Waals surface area contributed by atoms with Gasteiger partial charge in [-0.2, -0.15) is 4.98 Å². The standard InChI is InChI=1S/C18H27N5O2/c1-13-6-8-14(9-7-13)24-11-10-20-17(19-5)21-12-15-22-16(25-23-15)18(2,3)4/h6-9H,10-12H2,1-5H3,(H2,19,20,21). The SMILES string of the molecule is CN=C(NCCOc1ccc(C)cc1)NCc1noc(C(C)(C)C)n1. The summed E-state index contributed by atoms with van der Waals surface area (Å²) in [6.45, 7) is 9.77. The van der Waals surface area contributed by atoms with Gasteiger partial charge in [0.2, 0.25) is 5.89 Å². The van der Waals surface area contributed by atoms with Crippen molar-refractivity contribution in [1.82, 2.24) is 20.8 Å². The van der Waals surface area contributed by atoms with Crippen molar-refractivity contribution in [3.63, 3.8) is 0 Å². The highest BCUT2D eigenvalue weighted by molar-refractivity contribution is 5.79. The third-order valence-corrected chi connectivity index (χ3v) is 3.43. The zero-order valence-electron chi connectivity index (χ0n) is 15.6. The van der Waals surface area contributed by atoms with E-state index in [1.807, 2.05) is 45.0 Å². The number of ether oxygens (including phenoxy) is 1. The van der Waals surface area contributed by atoms with Crippen LogP contribution in [0.5, 0.6) is 5.75 Å². The van der Waals surface area contributed by atoms with E-state index >= 15 is 0 Å². The maximum absolute atomic E-state index is 5.67. The molecule has 1 heterocycles. The number of aryl methyl sites for hydroxylation is 1. The minimum atomic E-state index is -0.154. The fraction of sp³-hybridized carbons (Fsp3) is 0.500. The fourth-order valence-electron chi connectivity index (χ4n) is 1.99. The van der Waals surface area contributed by atoms with E-state index in [2.05, 4.69) is 32.7 Å². The Morgan fingerprint density at radius 2 is 1.92 bits per heavy atom. The summed E-state index contributed by atoms with van der Waals surface area (Å²) in [4.78, 5) is 8.55. The number of nitrogens with zero attached hydrogens (tertiary/aromatic N) is 3. The quantitative estimate of drug-likeness (QED) is 0.475. The maximum atomic E-state index is 5.67. The zero-order chi connectivity index (χ0) is 18.3. The highest BCUT2D eigenvalue weighted by Crippen LogP contribution is 2.19. The lowest BCUT2D eigenvalue weighted by Gasteiger charge is -2.12. The molecule has 2 rings (SSSR count). The van der Waals surface area contributed by atoms with Crippen LogP contribution in [0.3, 0.4) is 0 Å². The first-order valence-electron chi connectivity index (χ1n) is 8.35. The highest BCUT2D eigenvalue weighted by atomic mass is 16.5. The summed E-state index contributed by atoms with van der Waals surface area (Å²) in [6, 6.07) is 7.98. The second-order valence-electron chi connectivity index (χ2n) is 6.78. The van der Waals surface area contributed by atoms with Crippen LogP contribution in [-0.4, -0.2) is 36.3 Å². The van der Waals surface area contributed by atoms with Crippen LogP contribution in [0.25, 0.3) is 0 Å². The minimum absolute atomic E-state index is 0.154. The maximum Gasteiger partial charge on any atom is 0.232 e. The van der Waals surface area contributed by atoms with Gasteiger partial charge < -0.3 is 19.9 Å². The predicted octanol–water partition coefficient (Wildman–Crippen LogP) is 2.42. The molecule has 0 atom stereocenters. The highest BCUT2D eigenvalue weighted by Gasteiger charge is 2.21. The second kappa shape index (κ2) is 8.50. The van der Waals surface area contributed by atoms with Crippen LogP contribution in [0.4, 0.5) is 0 Å². The largest absolute Gasteiger partial charge is 0.492 e. The van der Waals surface area contributed by atoms with E-state index in [1.165, 1.54) is 5.56 Å². The smallest absolute Gasteiger partial charge is 0.232 e. The molecule has 25 heavy (non-hydrogen) atoms. The lowest BCUT2D eigenvalue weighted by atomic mass is 9.97. The minimum Gasteiger partial charge on any atom is -0.492 e. The molecule has 7 heteroatoms. The molecular weight excluding hydrogens is 318 g/mol. The average Bonchev–Trinajstić information content (AvgIpc) is 3.05. The van der Waals surface area contributed by atoms with Gasteiger partial charge in [0.1, 0.15) is 12.4 Å². The second-order valence-corrected chi connectivity index (χ2v) is 6.78. The van der Waals surface area contributed by atoms with E-state index in [1.54, 1.807) is 7.05 Å². The van der Waals surface area contributed by atoms with Gasteiger partial charge in [0.25, 0.3) is 0 Å². The van der Waals surface area contributed by atoms with Crippen molar-refractivity contribution in [3.8, 4) is 5.75 Å². The first-order valence-corrected chi connectivity index (χ1v) is 8.35. The average molecular weight is 345 g/mol. The van der Waals surface area contributed by atoms with Crippen molar-refractivity contribution in [2.24, 2.45) is 4.99 Å². The molecule has 0 spiro atoms. The zero-order valence-corrected chi connectivity index (χ0v) is 15.6. The summed E-state index contributed by atoms with van der Waals surface area (Å²) >= 11 is 0. The topological polar surface area (TPSA) is 84.6 Å². The van der Waals surface area contributed by atoms with Crippen molar-refractivity contribution >= 4 is 5.96 Å². The monoisotopic (exact) mass is 345 g/mol. The van der Waals surface area contributed by atoms with E-state index in [0.29, 0.717) is 37.4 Å². The van der Waals surface area contributed by atoms with Gasteiger partial charge in [0, 0.05) is 12.5 Å². The first-order chi connectivity index (χ1) is 11.9. The van der Waals surface area contributed by atoms with Crippen LogP contribution in [0.2, 0.25) is 0 Å². The Morgan fingerprint density at radius 1 is 1.20 bits per heavy atom. The van der Waals surface area contributed by atoms with Gasteiger partial charge in [0.05, 0.1) is 13.1 Å². The molecule has 0 aliphatic heterocycles. The van der Waals surface area contributed by atoms with Crippen LogP contribution >= 0.6 is 0 Å². The normalized spacial score (nSPS) is 12.1. The first kappa shape index (κ1) is 18.8. The van der Waals surface area contributed by atoms with Crippen LogP contribution in [0, 0.1) is 6.92 Å². The van der Waals surface area contributed by atoms with Gasteiger partial charge in [0.15, 0.2) is 11.8 Å². The Labute approximate surface area is 148 Å². The number of guanidine groups is 1. The van der Waals surface area contributed by atoms with Gasteiger partial charge in [-0.3, -0.25) is 4.99 Å². The Kier molecular flexibility index (Phi) is 6.38. The summed E-state index contributed by atoms with van der Waals surface area (Å²) in [5, 5.41) is 10.3. The molecule has 1 aromatic carbocycles. The number of nitrogens with one attached hydrogen (secondary N) is 2. The van der Waals surface area contributed by atoms with Crippen molar-refractivity contribution < 1.29 is 9.26 Å². The molecule has 0 bridgehead atoms. The van der Waals surface area contributed by atoms with Gasteiger partial charge >= 0.3 is 0 Å². The summed E-state index contributed by atoms with van der Waals surface area (Å²) in [5.74, 6) is 2.74. The molecule has 0 amide bonds. The summed E-state index contributed by atoms with van der Waals surface area (Å²) in [5.41, 5.74) is 1.06. The molecular formula is C18H27N5O2. The number of rotatable bonds is 6. The number of aliphatic imine (C=N–C) groups is 1. The summed E-state index contributed by atoms with van der Waals surface area (Å²) < 4.78 is 10.9. The van der Waals surface area contributed by atoms with Crippen molar-refractivity contribution in [2.45, 2.75) is 39.7 Å². The molecule has 0 aliphatic carbocycles. The van der Waals surface area contributed by atoms with Crippen LogP contribution < -0.4 is 15.4 Å². The summed E-state index contributed by atoms with van der Waals surface area (Å²) in [6.07, 6.45) is 0. The summed E-state index contributed by atoms with van der Waals surface area (Å²) in [7, 11) is 1.72. The Balaban J connectivity index is 1.72. The van der Waals surface area contributed by atoms with Crippen LogP contribution in [0.15, 0.2) is 33.8 Å². The Morgan fingerprint density at radius 3 is 2.52 bits per heavy atom. The van der Waals surface area contributed by atoms with Gasteiger partial charge in [-0.1, -0.05) is 43.6 Å². The third-order valence-electron chi connectivity index (χ3n) is 3.43. The van der Waals surface area contributed by atoms with E-state index in [0.717, 1.165) is 5.75 Å².